The Bertz CT molecular complexity index is 1030. The molecule has 0 spiro atoms. The van der Waals surface area contributed by atoms with Gasteiger partial charge in [0.1, 0.15) is 0 Å². The number of aromatic nitrogens is 3. The molecule has 1 atom stereocenters. The fourth-order valence-corrected chi connectivity index (χ4v) is 4.29. The lowest BCUT2D eigenvalue weighted by molar-refractivity contribution is -0.119. The number of hydrogen-bond acceptors (Lipinski definition) is 6. The number of fused-ring (bicyclic) bond motifs is 1. The highest BCUT2D eigenvalue weighted by Gasteiger charge is 2.28. The van der Waals surface area contributed by atoms with E-state index in [4.69, 9.17) is 5.26 Å². The van der Waals surface area contributed by atoms with Crippen LogP contribution in [0.15, 0.2) is 24.5 Å². The van der Waals surface area contributed by atoms with E-state index >= 15 is 0 Å². The molecule has 1 aliphatic heterocycles. The molecular formula is C18H18N6OS. The molecule has 132 valence electrons. The number of carbonyl (C=O) groups is 1. The van der Waals surface area contributed by atoms with Gasteiger partial charge in [0.2, 0.25) is 5.91 Å². The maximum absolute atomic E-state index is 12.4. The third kappa shape index (κ3) is 2.91. The van der Waals surface area contributed by atoms with E-state index in [1.807, 2.05) is 31.6 Å². The van der Waals surface area contributed by atoms with Gasteiger partial charge in [0, 0.05) is 31.9 Å². The third-order valence-electron chi connectivity index (χ3n) is 4.75. The minimum atomic E-state index is -0.159. The van der Waals surface area contributed by atoms with Gasteiger partial charge >= 0.3 is 0 Å². The quantitative estimate of drug-likeness (QED) is 0.720. The molecule has 0 bridgehead atoms. The SMILES string of the molecule is Cc1c(-c2cnn(C)c2)ccc2nc(NC(=O)[C@H]3CCN(C#N)C3)sc12. The van der Waals surface area contributed by atoms with E-state index < -0.39 is 0 Å². The number of rotatable bonds is 3. The van der Waals surface area contributed by atoms with E-state index in [9.17, 15) is 4.79 Å². The van der Waals surface area contributed by atoms with Crippen molar-refractivity contribution >= 4 is 32.6 Å². The van der Waals surface area contributed by atoms with Crippen LogP contribution in [0.5, 0.6) is 0 Å². The van der Waals surface area contributed by atoms with Crippen molar-refractivity contribution in [2.24, 2.45) is 13.0 Å². The zero-order valence-electron chi connectivity index (χ0n) is 14.6. The van der Waals surface area contributed by atoms with Crippen LogP contribution >= 0.6 is 11.3 Å². The number of carbonyl (C=O) groups excluding carboxylic acids is 1. The lowest BCUT2D eigenvalue weighted by Crippen LogP contribution is -2.25. The summed E-state index contributed by atoms with van der Waals surface area (Å²) < 4.78 is 2.84. The van der Waals surface area contributed by atoms with Crippen LogP contribution in [0.25, 0.3) is 21.3 Å². The molecule has 0 radical (unpaired) electrons. The normalized spacial score (nSPS) is 16.8. The van der Waals surface area contributed by atoms with E-state index in [2.05, 4.69) is 28.5 Å². The first-order valence-corrected chi connectivity index (χ1v) is 9.21. The number of hydrogen-bond donors (Lipinski definition) is 1. The van der Waals surface area contributed by atoms with Gasteiger partial charge in [-0.1, -0.05) is 17.4 Å². The summed E-state index contributed by atoms with van der Waals surface area (Å²) in [7, 11) is 1.90. The summed E-state index contributed by atoms with van der Waals surface area (Å²) in [5.74, 6) is -0.222. The van der Waals surface area contributed by atoms with E-state index in [-0.39, 0.29) is 11.8 Å². The number of anilines is 1. The smallest absolute Gasteiger partial charge is 0.231 e. The summed E-state index contributed by atoms with van der Waals surface area (Å²) in [5.41, 5.74) is 4.19. The van der Waals surface area contributed by atoms with Gasteiger partial charge in [-0.3, -0.25) is 9.48 Å². The van der Waals surface area contributed by atoms with Crippen molar-refractivity contribution < 1.29 is 4.79 Å². The first kappa shape index (κ1) is 16.5. The van der Waals surface area contributed by atoms with E-state index in [0.717, 1.165) is 26.9 Å². The summed E-state index contributed by atoms with van der Waals surface area (Å²) in [4.78, 5) is 18.6. The van der Waals surface area contributed by atoms with Crippen LogP contribution < -0.4 is 5.32 Å². The highest BCUT2D eigenvalue weighted by molar-refractivity contribution is 7.22. The van der Waals surface area contributed by atoms with E-state index in [0.29, 0.717) is 24.6 Å². The number of nitriles is 1. The van der Waals surface area contributed by atoms with Gasteiger partial charge in [0.15, 0.2) is 11.3 Å². The van der Waals surface area contributed by atoms with Crippen molar-refractivity contribution in [3.63, 3.8) is 0 Å². The molecule has 8 heteroatoms. The van der Waals surface area contributed by atoms with Gasteiger partial charge in [-0.25, -0.2) is 4.98 Å². The average Bonchev–Trinajstić information content (AvgIpc) is 3.34. The Morgan fingerprint density at radius 2 is 2.31 bits per heavy atom. The molecule has 26 heavy (non-hydrogen) atoms. The Hall–Kier alpha value is -2.92. The fourth-order valence-electron chi connectivity index (χ4n) is 3.32. The van der Waals surface area contributed by atoms with E-state index in [1.54, 1.807) is 9.58 Å². The second kappa shape index (κ2) is 6.42. The lowest BCUT2D eigenvalue weighted by atomic mass is 10.0. The standard InChI is InChI=1S/C18H18N6OS/c1-11-14(13-7-20-23(2)8-13)3-4-15-16(11)26-18(21-15)22-17(25)12-5-6-24(9-12)10-19/h3-4,7-8,12H,5-6,9H2,1-2H3,(H,21,22,25)/t12-/m0/s1. The molecule has 1 fully saturated rings. The number of nitrogens with zero attached hydrogens (tertiary/aromatic N) is 5. The number of nitrogens with one attached hydrogen (secondary N) is 1. The molecule has 1 saturated heterocycles. The number of thiazole rings is 1. The Morgan fingerprint density at radius 1 is 1.46 bits per heavy atom. The van der Waals surface area contributed by atoms with Crippen LogP contribution in [0.3, 0.4) is 0 Å². The molecule has 3 aromatic rings. The van der Waals surface area contributed by atoms with Crippen LogP contribution in [-0.2, 0) is 11.8 Å². The minimum Gasteiger partial charge on any atom is -0.310 e. The Labute approximate surface area is 154 Å². The second-order valence-corrected chi connectivity index (χ2v) is 7.53. The molecule has 0 aliphatic carbocycles. The molecule has 4 rings (SSSR count). The van der Waals surface area contributed by atoms with Gasteiger partial charge in [-0.15, -0.1) is 0 Å². The van der Waals surface area contributed by atoms with Crippen LogP contribution in [0.2, 0.25) is 0 Å². The molecule has 1 aliphatic rings. The maximum atomic E-state index is 12.4. The predicted molar refractivity (Wildman–Crippen MR) is 100 cm³/mol. The number of likely N-dealkylation sites (tertiary alicyclic amines) is 1. The average molecular weight is 366 g/mol. The first-order chi connectivity index (χ1) is 12.5. The Kier molecular flexibility index (Phi) is 4.09. The predicted octanol–water partition coefficient (Wildman–Crippen LogP) is 2.75. The molecular weight excluding hydrogens is 348 g/mol. The van der Waals surface area contributed by atoms with Crippen molar-refractivity contribution in [1.29, 1.82) is 5.26 Å². The van der Waals surface area contributed by atoms with Crippen LogP contribution in [-0.4, -0.2) is 38.7 Å². The van der Waals surface area contributed by atoms with Crippen LogP contribution in [0.4, 0.5) is 5.13 Å². The molecule has 3 heterocycles. The zero-order chi connectivity index (χ0) is 18.3. The van der Waals surface area contributed by atoms with Crippen LogP contribution in [0.1, 0.15) is 12.0 Å². The molecule has 0 unspecified atom stereocenters. The second-order valence-electron chi connectivity index (χ2n) is 6.53. The van der Waals surface area contributed by atoms with Gasteiger partial charge in [0.05, 0.1) is 22.3 Å². The van der Waals surface area contributed by atoms with Gasteiger partial charge < -0.3 is 10.2 Å². The number of benzene rings is 1. The topological polar surface area (TPSA) is 86.8 Å². The molecule has 7 nitrogen and oxygen atoms in total. The van der Waals surface area contributed by atoms with Crippen molar-refractivity contribution in [1.82, 2.24) is 19.7 Å². The van der Waals surface area contributed by atoms with Crippen molar-refractivity contribution in [3.8, 4) is 17.3 Å². The Morgan fingerprint density at radius 3 is 3.00 bits per heavy atom. The molecule has 1 N–H and O–H groups in total. The zero-order valence-corrected chi connectivity index (χ0v) is 15.4. The largest absolute Gasteiger partial charge is 0.310 e. The highest BCUT2D eigenvalue weighted by Crippen LogP contribution is 2.35. The van der Waals surface area contributed by atoms with Crippen molar-refractivity contribution in [3.05, 3.63) is 30.1 Å². The summed E-state index contributed by atoms with van der Waals surface area (Å²) in [5, 5.41) is 16.7. The molecule has 0 saturated carbocycles. The van der Waals surface area contributed by atoms with Crippen LogP contribution in [0, 0.1) is 24.3 Å². The molecule has 2 aromatic heterocycles. The monoisotopic (exact) mass is 366 g/mol. The van der Waals surface area contributed by atoms with Gasteiger partial charge in [0.25, 0.3) is 0 Å². The number of aryl methyl sites for hydroxylation is 2. The van der Waals surface area contributed by atoms with Crippen molar-refractivity contribution in [2.75, 3.05) is 18.4 Å². The lowest BCUT2D eigenvalue weighted by Gasteiger charge is -2.08. The van der Waals surface area contributed by atoms with Gasteiger partial charge in [-0.2, -0.15) is 10.4 Å². The molecule has 1 amide bonds. The van der Waals surface area contributed by atoms with Crippen molar-refractivity contribution in [2.45, 2.75) is 13.3 Å². The highest BCUT2D eigenvalue weighted by atomic mass is 32.1. The summed E-state index contributed by atoms with van der Waals surface area (Å²) in [6.45, 7) is 3.19. The third-order valence-corrected chi connectivity index (χ3v) is 5.86. The fraction of sp³-hybridized carbons (Fsp3) is 0.333. The summed E-state index contributed by atoms with van der Waals surface area (Å²) in [6, 6.07) is 4.02. The summed E-state index contributed by atoms with van der Waals surface area (Å²) >= 11 is 1.48. The first-order valence-electron chi connectivity index (χ1n) is 8.40. The summed E-state index contributed by atoms with van der Waals surface area (Å²) in [6.07, 6.45) is 6.63. The van der Waals surface area contributed by atoms with E-state index in [1.165, 1.54) is 11.3 Å². The van der Waals surface area contributed by atoms with Gasteiger partial charge in [-0.05, 0) is 30.5 Å². The molecule has 1 aromatic carbocycles. The minimum absolute atomic E-state index is 0.0630. The Balaban J connectivity index is 1.59. The maximum Gasteiger partial charge on any atom is 0.231 e. The number of amides is 1.